The Hall–Kier alpha value is -1.32. The van der Waals surface area contributed by atoms with Crippen LogP contribution < -0.4 is 10.5 Å². The maximum atomic E-state index is 6.12. The second-order valence-electron chi connectivity index (χ2n) is 4.57. The monoisotopic (exact) mass is 319 g/mol. The van der Waals surface area contributed by atoms with Crippen molar-refractivity contribution in [1.29, 1.82) is 0 Å². The smallest absolute Gasteiger partial charge is 0.132 e. The van der Waals surface area contributed by atoms with Gasteiger partial charge in [0.1, 0.15) is 11.5 Å². The van der Waals surface area contributed by atoms with Crippen molar-refractivity contribution in [3.05, 3.63) is 58.1 Å². The quantitative estimate of drug-likeness (QED) is 0.864. The van der Waals surface area contributed by atoms with E-state index in [1.54, 1.807) is 0 Å². The maximum absolute atomic E-state index is 6.12. The third-order valence-corrected chi connectivity index (χ3v) is 4.01. The minimum atomic E-state index is 0.00717. The molecule has 0 aliphatic heterocycles. The number of aryl methyl sites for hydroxylation is 1. The number of halogens is 1. The SMILES string of the molecule is CC[C@@H](N)c1ccccc1Oc1ccc(Br)c(C)c1. The molecule has 2 rings (SSSR count). The summed E-state index contributed by atoms with van der Waals surface area (Å²) in [6.45, 7) is 4.12. The van der Waals surface area contributed by atoms with E-state index in [1.807, 2.05) is 49.4 Å². The zero-order chi connectivity index (χ0) is 13.8. The van der Waals surface area contributed by atoms with Gasteiger partial charge in [-0.1, -0.05) is 41.1 Å². The summed E-state index contributed by atoms with van der Waals surface area (Å²) in [6.07, 6.45) is 0.889. The first-order chi connectivity index (χ1) is 9.11. The highest BCUT2D eigenvalue weighted by Crippen LogP contribution is 2.31. The predicted molar refractivity (Wildman–Crippen MR) is 82.6 cm³/mol. The van der Waals surface area contributed by atoms with Gasteiger partial charge in [0.15, 0.2) is 0 Å². The highest BCUT2D eigenvalue weighted by Gasteiger charge is 2.10. The molecule has 0 aliphatic rings. The van der Waals surface area contributed by atoms with Crippen molar-refractivity contribution >= 4 is 15.9 Å². The van der Waals surface area contributed by atoms with Crippen molar-refractivity contribution in [3.8, 4) is 11.5 Å². The number of hydrogen-bond donors (Lipinski definition) is 1. The van der Waals surface area contributed by atoms with Gasteiger partial charge in [-0.2, -0.15) is 0 Å². The number of ether oxygens (including phenoxy) is 1. The fourth-order valence-corrected chi connectivity index (χ4v) is 2.15. The Morgan fingerprint density at radius 2 is 1.95 bits per heavy atom. The van der Waals surface area contributed by atoms with E-state index in [4.69, 9.17) is 10.5 Å². The first-order valence-corrected chi connectivity index (χ1v) is 7.19. The van der Waals surface area contributed by atoms with Crippen molar-refractivity contribution in [1.82, 2.24) is 0 Å². The Balaban J connectivity index is 2.30. The number of benzene rings is 2. The second-order valence-corrected chi connectivity index (χ2v) is 5.42. The molecule has 0 saturated carbocycles. The Morgan fingerprint density at radius 1 is 1.21 bits per heavy atom. The molecular weight excluding hydrogens is 302 g/mol. The molecule has 2 N–H and O–H groups in total. The number of para-hydroxylation sites is 1. The van der Waals surface area contributed by atoms with Gasteiger partial charge in [0.2, 0.25) is 0 Å². The summed E-state index contributed by atoms with van der Waals surface area (Å²) in [4.78, 5) is 0. The van der Waals surface area contributed by atoms with Crippen LogP contribution in [0.3, 0.4) is 0 Å². The molecular formula is C16H18BrNO. The Morgan fingerprint density at radius 3 is 2.63 bits per heavy atom. The summed E-state index contributed by atoms with van der Waals surface area (Å²) in [5.41, 5.74) is 8.31. The minimum Gasteiger partial charge on any atom is -0.457 e. The van der Waals surface area contributed by atoms with Gasteiger partial charge in [-0.15, -0.1) is 0 Å². The molecule has 100 valence electrons. The maximum Gasteiger partial charge on any atom is 0.132 e. The van der Waals surface area contributed by atoms with Crippen LogP contribution >= 0.6 is 15.9 Å². The summed E-state index contributed by atoms with van der Waals surface area (Å²) in [7, 11) is 0. The molecule has 0 unspecified atom stereocenters. The first kappa shape index (κ1) is 14.1. The summed E-state index contributed by atoms with van der Waals surface area (Å²) in [6, 6.07) is 13.9. The molecule has 0 bridgehead atoms. The standard InChI is InChI=1S/C16H18BrNO/c1-3-15(18)13-6-4-5-7-16(13)19-12-8-9-14(17)11(2)10-12/h4-10,15H,3,18H2,1-2H3/t15-/m1/s1. The molecule has 19 heavy (non-hydrogen) atoms. The third-order valence-electron chi connectivity index (χ3n) is 3.12. The van der Waals surface area contributed by atoms with Crippen LogP contribution in [-0.4, -0.2) is 0 Å². The van der Waals surface area contributed by atoms with Gasteiger partial charge in [0, 0.05) is 16.1 Å². The van der Waals surface area contributed by atoms with E-state index in [-0.39, 0.29) is 6.04 Å². The number of nitrogens with two attached hydrogens (primary N) is 1. The molecule has 0 spiro atoms. The fourth-order valence-electron chi connectivity index (χ4n) is 1.91. The van der Waals surface area contributed by atoms with Crippen molar-refractivity contribution < 1.29 is 4.74 Å². The first-order valence-electron chi connectivity index (χ1n) is 6.40. The van der Waals surface area contributed by atoms with Gasteiger partial charge in [-0.3, -0.25) is 0 Å². The molecule has 0 radical (unpaired) electrons. The van der Waals surface area contributed by atoms with E-state index < -0.39 is 0 Å². The molecule has 0 aliphatic carbocycles. The van der Waals surface area contributed by atoms with Gasteiger partial charge in [0.25, 0.3) is 0 Å². The fraction of sp³-hybridized carbons (Fsp3) is 0.250. The van der Waals surface area contributed by atoms with Crippen LogP contribution in [0.25, 0.3) is 0 Å². The Bertz CT molecular complexity index is 568. The van der Waals surface area contributed by atoms with Crippen LogP contribution in [0.1, 0.15) is 30.5 Å². The van der Waals surface area contributed by atoms with Crippen LogP contribution in [-0.2, 0) is 0 Å². The van der Waals surface area contributed by atoms with Crippen molar-refractivity contribution in [2.24, 2.45) is 5.73 Å². The number of hydrogen-bond acceptors (Lipinski definition) is 2. The lowest BCUT2D eigenvalue weighted by Crippen LogP contribution is -2.09. The minimum absolute atomic E-state index is 0.00717. The van der Waals surface area contributed by atoms with Crippen LogP contribution in [0.15, 0.2) is 46.9 Å². The largest absolute Gasteiger partial charge is 0.457 e. The van der Waals surface area contributed by atoms with E-state index >= 15 is 0 Å². The summed E-state index contributed by atoms with van der Waals surface area (Å²) >= 11 is 3.49. The summed E-state index contributed by atoms with van der Waals surface area (Å²) in [5, 5.41) is 0. The number of rotatable bonds is 4. The van der Waals surface area contributed by atoms with Gasteiger partial charge >= 0.3 is 0 Å². The molecule has 0 fully saturated rings. The van der Waals surface area contributed by atoms with E-state index in [9.17, 15) is 0 Å². The summed E-state index contributed by atoms with van der Waals surface area (Å²) in [5.74, 6) is 1.66. The molecule has 0 aromatic heterocycles. The highest BCUT2D eigenvalue weighted by atomic mass is 79.9. The molecule has 2 nitrogen and oxygen atoms in total. The average molecular weight is 320 g/mol. The van der Waals surface area contributed by atoms with Crippen molar-refractivity contribution in [2.75, 3.05) is 0 Å². The van der Waals surface area contributed by atoms with Crippen molar-refractivity contribution in [2.45, 2.75) is 26.3 Å². The van der Waals surface area contributed by atoms with Crippen LogP contribution in [0.2, 0.25) is 0 Å². The predicted octanol–water partition coefficient (Wildman–Crippen LogP) is 4.96. The van der Waals surface area contributed by atoms with Gasteiger partial charge in [0.05, 0.1) is 0 Å². The molecule has 0 heterocycles. The van der Waals surface area contributed by atoms with E-state index in [0.717, 1.165) is 33.5 Å². The average Bonchev–Trinajstić information content (AvgIpc) is 2.43. The zero-order valence-corrected chi connectivity index (χ0v) is 12.8. The normalized spacial score (nSPS) is 12.2. The van der Waals surface area contributed by atoms with E-state index in [2.05, 4.69) is 22.9 Å². The van der Waals surface area contributed by atoms with Gasteiger partial charge < -0.3 is 10.5 Å². The topological polar surface area (TPSA) is 35.2 Å². The molecule has 3 heteroatoms. The van der Waals surface area contributed by atoms with Gasteiger partial charge in [-0.25, -0.2) is 0 Å². The molecule has 0 saturated heterocycles. The molecule has 0 amide bonds. The Kier molecular flexibility index (Phi) is 4.61. The molecule has 1 atom stereocenters. The zero-order valence-electron chi connectivity index (χ0n) is 11.2. The molecule has 2 aromatic rings. The lowest BCUT2D eigenvalue weighted by molar-refractivity contribution is 0.468. The van der Waals surface area contributed by atoms with Gasteiger partial charge in [-0.05, 0) is 43.2 Å². The third kappa shape index (κ3) is 3.37. The lowest BCUT2D eigenvalue weighted by Gasteiger charge is -2.15. The summed E-state index contributed by atoms with van der Waals surface area (Å²) < 4.78 is 7.05. The van der Waals surface area contributed by atoms with Crippen LogP contribution in [0, 0.1) is 6.92 Å². The van der Waals surface area contributed by atoms with Crippen LogP contribution in [0.4, 0.5) is 0 Å². The second kappa shape index (κ2) is 6.22. The van der Waals surface area contributed by atoms with Crippen molar-refractivity contribution in [3.63, 3.8) is 0 Å². The van der Waals surface area contributed by atoms with E-state index in [0.29, 0.717) is 0 Å². The Labute approximate surface area is 122 Å². The highest BCUT2D eigenvalue weighted by molar-refractivity contribution is 9.10. The van der Waals surface area contributed by atoms with E-state index in [1.165, 1.54) is 0 Å². The lowest BCUT2D eigenvalue weighted by atomic mass is 10.0. The van der Waals surface area contributed by atoms with Crippen LogP contribution in [0.5, 0.6) is 11.5 Å². The molecule has 2 aromatic carbocycles.